The summed E-state index contributed by atoms with van der Waals surface area (Å²) in [6.45, 7) is 6.51. The molecular weight excluding hydrogens is 540 g/mol. The number of aliphatic carboxylic acids is 1. The lowest BCUT2D eigenvalue weighted by Crippen LogP contribution is -2.41. The maximum atomic E-state index is 13.3. The standard InChI is InChI=1S/C32H38N2O6S/c1-22(2)20-34(41(38,39)24-17-15-23(3)16-18-24)19-9-8-14-30(31(35)36)33-32(37)40-21-29-27-12-6-4-10-25(27)26-11-5-7-13-28(26)29/h4-7,10-13,15-18,22,29-30H,8-9,14,19-21H2,1-3H3,(H,33,37)(H,35,36)/t30-/m0/s1. The number of benzene rings is 3. The minimum absolute atomic E-state index is 0.0905. The highest BCUT2D eigenvalue weighted by atomic mass is 32.2. The van der Waals surface area contributed by atoms with Gasteiger partial charge in [-0.15, -0.1) is 0 Å². The second-order valence-electron chi connectivity index (χ2n) is 10.9. The number of carbonyl (C=O) groups excluding carboxylic acids is 1. The lowest BCUT2D eigenvalue weighted by Gasteiger charge is -2.24. The van der Waals surface area contributed by atoms with Crippen LogP contribution in [-0.4, -0.2) is 55.6 Å². The summed E-state index contributed by atoms with van der Waals surface area (Å²) < 4.78 is 33.5. The molecule has 41 heavy (non-hydrogen) atoms. The van der Waals surface area contributed by atoms with Crippen molar-refractivity contribution in [2.45, 2.75) is 56.9 Å². The van der Waals surface area contributed by atoms with E-state index in [4.69, 9.17) is 4.74 Å². The summed E-state index contributed by atoms with van der Waals surface area (Å²) in [5, 5.41) is 12.2. The first-order valence-electron chi connectivity index (χ1n) is 14.0. The Balaban J connectivity index is 1.31. The molecule has 0 heterocycles. The van der Waals surface area contributed by atoms with E-state index >= 15 is 0 Å². The first-order chi connectivity index (χ1) is 19.6. The van der Waals surface area contributed by atoms with E-state index in [2.05, 4.69) is 5.32 Å². The number of carboxylic acid groups (broad SMARTS) is 1. The molecule has 0 radical (unpaired) electrons. The third kappa shape index (κ3) is 7.34. The number of carboxylic acids is 1. The molecule has 0 aromatic heterocycles. The van der Waals surface area contributed by atoms with Gasteiger partial charge in [0.25, 0.3) is 0 Å². The lowest BCUT2D eigenvalue weighted by atomic mass is 9.98. The zero-order chi connectivity index (χ0) is 29.6. The number of nitrogens with zero attached hydrogens (tertiary/aromatic N) is 1. The molecule has 0 saturated carbocycles. The van der Waals surface area contributed by atoms with Gasteiger partial charge in [-0.05, 0) is 66.5 Å². The number of carbonyl (C=O) groups is 2. The average molecular weight is 579 g/mol. The molecule has 0 unspecified atom stereocenters. The fraction of sp³-hybridized carbons (Fsp3) is 0.375. The number of unbranched alkanes of at least 4 members (excludes halogenated alkanes) is 1. The highest BCUT2D eigenvalue weighted by Crippen LogP contribution is 2.44. The molecule has 3 aromatic rings. The maximum absolute atomic E-state index is 13.3. The van der Waals surface area contributed by atoms with Gasteiger partial charge in [-0.3, -0.25) is 0 Å². The minimum atomic E-state index is -3.68. The fourth-order valence-electron chi connectivity index (χ4n) is 5.25. The monoisotopic (exact) mass is 578 g/mol. The number of fused-ring (bicyclic) bond motifs is 3. The number of sulfonamides is 1. The van der Waals surface area contributed by atoms with E-state index < -0.39 is 28.1 Å². The zero-order valence-corrected chi connectivity index (χ0v) is 24.6. The second-order valence-corrected chi connectivity index (χ2v) is 12.9. The van der Waals surface area contributed by atoms with Crippen LogP contribution in [0.1, 0.15) is 55.7 Å². The van der Waals surface area contributed by atoms with E-state index in [-0.39, 0.29) is 36.3 Å². The Kier molecular flexibility index (Phi) is 9.83. The highest BCUT2D eigenvalue weighted by molar-refractivity contribution is 7.89. The molecule has 0 bridgehead atoms. The second kappa shape index (κ2) is 13.3. The molecule has 4 rings (SSSR count). The molecular formula is C32H38N2O6S. The van der Waals surface area contributed by atoms with Gasteiger partial charge in [-0.2, -0.15) is 4.31 Å². The summed E-state index contributed by atoms with van der Waals surface area (Å²) in [6, 6.07) is 21.6. The van der Waals surface area contributed by atoms with Crippen LogP contribution in [0.2, 0.25) is 0 Å². The van der Waals surface area contributed by atoms with Gasteiger partial charge in [0.2, 0.25) is 10.0 Å². The summed E-state index contributed by atoms with van der Waals surface area (Å²) >= 11 is 0. The molecule has 1 amide bonds. The smallest absolute Gasteiger partial charge is 0.407 e. The van der Waals surface area contributed by atoms with Gasteiger partial charge in [0, 0.05) is 19.0 Å². The lowest BCUT2D eigenvalue weighted by molar-refractivity contribution is -0.139. The van der Waals surface area contributed by atoms with E-state index in [1.165, 1.54) is 4.31 Å². The summed E-state index contributed by atoms with van der Waals surface area (Å²) in [5.41, 5.74) is 5.33. The SMILES string of the molecule is Cc1ccc(S(=O)(=O)N(CCCC[C@H](NC(=O)OCC2c3ccccc3-c3ccccc32)C(=O)O)CC(C)C)cc1. The van der Waals surface area contributed by atoms with Crippen LogP contribution in [0.5, 0.6) is 0 Å². The van der Waals surface area contributed by atoms with Gasteiger partial charge >= 0.3 is 12.1 Å². The number of amides is 1. The van der Waals surface area contributed by atoms with Crippen molar-refractivity contribution in [2.24, 2.45) is 5.92 Å². The molecule has 0 aliphatic heterocycles. The molecule has 3 aromatic carbocycles. The number of nitrogens with one attached hydrogen (secondary N) is 1. The number of rotatable bonds is 13. The Hall–Kier alpha value is -3.69. The van der Waals surface area contributed by atoms with Crippen molar-refractivity contribution in [3.8, 4) is 11.1 Å². The van der Waals surface area contributed by atoms with Gasteiger partial charge in [-0.25, -0.2) is 18.0 Å². The Bertz CT molecular complexity index is 1420. The largest absolute Gasteiger partial charge is 0.480 e. The highest BCUT2D eigenvalue weighted by Gasteiger charge is 2.30. The molecule has 0 spiro atoms. The zero-order valence-electron chi connectivity index (χ0n) is 23.7. The summed E-state index contributed by atoms with van der Waals surface area (Å²) in [7, 11) is -3.68. The number of aryl methyl sites for hydroxylation is 1. The Morgan fingerprint density at radius 3 is 2.07 bits per heavy atom. The summed E-state index contributed by atoms with van der Waals surface area (Å²) in [4.78, 5) is 24.8. The third-order valence-electron chi connectivity index (χ3n) is 7.31. The van der Waals surface area contributed by atoms with Crippen molar-refractivity contribution in [1.82, 2.24) is 9.62 Å². The molecule has 1 atom stereocenters. The van der Waals surface area contributed by atoms with Crippen LogP contribution in [0.15, 0.2) is 77.7 Å². The topological polar surface area (TPSA) is 113 Å². The van der Waals surface area contributed by atoms with Crippen molar-refractivity contribution < 1.29 is 27.9 Å². The van der Waals surface area contributed by atoms with E-state index in [0.29, 0.717) is 19.4 Å². The van der Waals surface area contributed by atoms with Crippen LogP contribution in [0.3, 0.4) is 0 Å². The molecule has 218 valence electrons. The van der Waals surface area contributed by atoms with Gasteiger partial charge in [-0.1, -0.05) is 80.1 Å². The molecule has 0 fully saturated rings. The van der Waals surface area contributed by atoms with Gasteiger partial charge in [0.05, 0.1) is 4.90 Å². The predicted octanol–water partition coefficient (Wildman–Crippen LogP) is 5.80. The molecule has 1 aliphatic carbocycles. The number of alkyl carbamates (subject to hydrolysis) is 1. The number of ether oxygens (including phenoxy) is 1. The molecule has 0 saturated heterocycles. The minimum Gasteiger partial charge on any atom is -0.480 e. The Labute approximate surface area is 242 Å². The van der Waals surface area contributed by atoms with E-state index in [0.717, 1.165) is 27.8 Å². The van der Waals surface area contributed by atoms with Gasteiger partial charge in [0.15, 0.2) is 0 Å². The summed E-state index contributed by atoms with van der Waals surface area (Å²) in [5.74, 6) is -1.17. The molecule has 8 nitrogen and oxygen atoms in total. The maximum Gasteiger partial charge on any atom is 0.407 e. The quantitative estimate of drug-likeness (QED) is 0.248. The van der Waals surface area contributed by atoms with Gasteiger partial charge < -0.3 is 15.2 Å². The molecule has 1 aliphatic rings. The first kappa shape index (κ1) is 30.3. The number of hydrogen-bond acceptors (Lipinski definition) is 5. The Morgan fingerprint density at radius 1 is 0.927 bits per heavy atom. The van der Waals surface area contributed by atoms with Crippen molar-refractivity contribution in [2.75, 3.05) is 19.7 Å². The Morgan fingerprint density at radius 2 is 1.51 bits per heavy atom. The predicted molar refractivity (Wildman–Crippen MR) is 158 cm³/mol. The van der Waals surface area contributed by atoms with E-state index in [1.807, 2.05) is 69.3 Å². The van der Waals surface area contributed by atoms with Crippen molar-refractivity contribution in [1.29, 1.82) is 0 Å². The van der Waals surface area contributed by atoms with Crippen LogP contribution in [0.4, 0.5) is 4.79 Å². The van der Waals surface area contributed by atoms with Crippen LogP contribution in [-0.2, 0) is 19.6 Å². The molecule has 9 heteroatoms. The van der Waals surface area contributed by atoms with Crippen LogP contribution in [0, 0.1) is 12.8 Å². The molecule has 2 N–H and O–H groups in total. The van der Waals surface area contributed by atoms with Crippen LogP contribution >= 0.6 is 0 Å². The van der Waals surface area contributed by atoms with Crippen LogP contribution < -0.4 is 5.32 Å². The summed E-state index contributed by atoms with van der Waals surface area (Å²) in [6.07, 6.45) is 0.231. The van der Waals surface area contributed by atoms with Crippen LogP contribution in [0.25, 0.3) is 11.1 Å². The van der Waals surface area contributed by atoms with E-state index in [1.54, 1.807) is 24.3 Å². The van der Waals surface area contributed by atoms with Gasteiger partial charge in [0.1, 0.15) is 12.6 Å². The first-order valence-corrected chi connectivity index (χ1v) is 15.4. The average Bonchev–Trinajstić information content (AvgIpc) is 3.26. The van der Waals surface area contributed by atoms with Crippen molar-refractivity contribution >= 4 is 22.1 Å². The van der Waals surface area contributed by atoms with Crippen molar-refractivity contribution in [3.63, 3.8) is 0 Å². The third-order valence-corrected chi connectivity index (χ3v) is 9.19. The number of hydrogen-bond donors (Lipinski definition) is 2. The fourth-order valence-corrected chi connectivity index (χ4v) is 6.89. The van der Waals surface area contributed by atoms with Crippen molar-refractivity contribution in [3.05, 3.63) is 89.5 Å². The van der Waals surface area contributed by atoms with E-state index in [9.17, 15) is 23.1 Å². The normalized spacial score (nSPS) is 13.6.